The van der Waals surface area contributed by atoms with Gasteiger partial charge in [-0.2, -0.15) is 0 Å². The summed E-state index contributed by atoms with van der Waals surface area (Å²) in [5.74, 6) is 0. The summed E-state index contributed by atoms with van der Waals surface area (Å²) in [6.07, 6.45) is 0. The number of anilines is 6. The van der Waals surface area contributed by atoms with Gasteiger partial charge in [-0.25, -0.2) is 0 Å². The quantitative estimate of drug-likeness (QED) is 0.154. The number of hydrogen-bond donors (Lipinski definition) is 0. The third-order valence-electron chi connectivity index (χ3n) is 11.4. The van der Waals surface area contributed by atoms with Crippen molar-refractivity contribution in [2.75, 3.05) is 9.80 Å². The highest BCUT2D eigenvalue weighted by Crippen LogP contribution is 2.45. The highest BCUT2D eigenvalue weighted by molar-refractivity contribution is 6.26. The fourth-order valence-electron chi connectivity index (χ4n) is 8.88. The molecular formula is C55H38N4O. The minimum atomic E-state index is -0.0136. The molecule has 11 aromatic rings. The highest BCUT2D eigenvalue weighted by Gasteiger charge is 2.25. The van der Waals surface area contributed by atoms with Crippen LogP contribution >= 0.6 is 0 Å². The summed E-state index contributed by atoms with van der Waals surface area (Å²) in [6, 6.07) is 79.9. The molecule has 60 heavy (non-hydrogen) atoms. The zero-order valence-corrected chi connectivity index (χ0v) is 32.6. The Morgan fingerprint density at radius 2 is 0.567 bits per heavy atom. The Kier molecular flexibility index (Phi) is 8.56. The molecule has 0 unspecified atom stereocenters. The Labute approximate surface area is 347 Å². The van der Waals surface area contributed by atoms with E-state index in [-0.39, 0.29) is 5.43 Å². The molecule has 11 rings (SSSR count). The average Bonchev–Trinajstić information content (AvgIpc) is 3.60. The second kappa shape index (κ2) is 14.7. The molecule has 0 amide bonds. The number of benzene rings is 9. The minimum Gasteiger partial charge on any atom is -0.310 e. The molecule has 0 saturated carbocycles. The van der Waals surface area contributed by atoms with Crippen molar-refractivity contribution in [1.82, 2.24) is 9.13 Å². The van der Waals surface area contributed by atoms with Gasteiger partial charge in [0.2, 0.25) is 0 Å². The zero-order chi connectivity index (χ0) is 40.0. The maximum atomic E-state index is 15.6. The van der Waals surface area contributed by atoms with Crippen LogP contribution in [-0.2, 0) is 0 Å². The molecule has 1 aromatic heterocycles. The number of rotatable bonds is 8. The SMILES string of the molecule is O=c1c2cc(N(c3ccccc3)c3ccccc3)cc3c2c2c1cc(N(c1ccccc1)c1ccccc1)cc2n(-c1ccccc1)c1ccccc1n3-c1ccccc1. The summed E-state index contributed by atoms with van der Waals surface area (Å²) >= 11 is 0. The molecule has 0 N–H and O–H groups in total. The van der Waals surface area contributed by atoms with Crippen LogP contribution in [0.5, 0.6) is 0 Å². The van der Waals surface area contributed by atoms with E-state index in [0.717, 1.165) is 78.3 Å². The summed E-state index contributed by atoms with van der Waals surface area (Å²) < 4.78 is 4.67. The van der Waals surface area contributed by atoms with E-state index in [9.17, 15) is 0 Å². The van der Waals surface area contributed by atoms with Crippen molar-refractivity contribution in [1.29, 1.82) is 0 Å². The summed E-state index contributed by atoms with van der Waals surface area (Å²) in [5, 5.41) is 3.14. The Hall–Kier alpha value is -8.15. The van der Waals surface area contributed by atoms with Crippen LogP contribution in [0.1, 0.15) is 0 Å². The minimum absolute atomic E-state index is 0.0136. The standard InChI is InChI=1S/C55H38N4O/c60-55-47-35-45(56(39-21-7-1-8-22-39)40-23-9-2-10-24-40)37-51-53(47)54-48(55)36-46(57(41-25-11-3-12-26-41)42-27-13-4-14-28-42)38-52(54)59(44-31-17-6-18-32-44)50-34-20-19-33-49(50)58(51)43-29-15-5-16-30-43/h1-38H. The lowest BCUT2D eigenvalue weighted by Crippen LogP contribution is -2.11. The molecule has 0 aliphatic heterocycles. The van der Waals surface area contributed by atoms with E-state index >= 15 is 4.79 Å². The first-order valence-electron chi connectivity index (χ1n) is 20.2. The number of para-hydroxylation sites is 8. The first-order valence-corrected chi connectivity index (χ1v) is 20.2. The third-order valence-corrected chi connectivity index (χ3v) is 11.4. The fraction of sp³-hybridized carbons (Fsp3) is 0. The third kappa shape index (κ3) is 5.83. The molecule has 5 heteroatoms. The van der Waals surface area contributed by atoms with Crippen molar-refractivity contribution in [3.8, 4) is 11.4 Å². The lowest BCUT2D eigenvalue weighted by Gasteiger charge is -2.27. The van der Waals surface area contributed by atoms with Gasteiger partial charge in [0, 0.05) is 67.0 Å². The number of nitrogens with zero attached hydrogens (tertiary/aromatic N) is 4. The highest BCUT2D eigenvalue weighted by atomic mass is 16.1. The summed E-state index contributed by atoms with van der Waals surface area (Å²) in [4.78, 5) is 20.1. The maximum Gasteiger partial charge on any atom is 0.194 e. The number of hydrogen-bond acceptors (Lipinski definition) is 3. The molecule has 0 bridgehead atoms. The Bertz CT molecular complexity index is 3060. The van der Waals surface area contributed by atoms with Crippen LogP contribution in [0.15, 0.2) is 235 Å². The van der Waals surface area contributed by atoms with E-state index in [4.69, 9.17) is 0 Å². The van der Waals surface area contributed by atoms with Crippen LogP contribution in [0, 0.1) is 0 Å². The molecule has 0 saturated heterocycles. The van der Waals surface area contributed by atoms with E-state index in [1.54, 1.807) is 0 Å². The van der Waals surface area contributed by atoms with Gasteiger partial charge in [-0.3, -0.25) is 4.79 Å². The Morgan fingerprint density at radius 1 is 0.283 bits per heavy atom. The Morgan fingerprint density at radius 3 is 0.883 bits per heavy atom. The zero-order valence-electron chi connectivity index (χ0n) is 32.6. The van der Waals surface area contributed by atoms with Crippen LogP contribution in [0.2, 0.25) is 0 Å². The normalized spacial score (nSPS) is 11.4. The molecule has 1 heterocycles. The fourth-order valence-corrected chi connectivity index (χ4v) is 8.88. The second-order valence-electron chi connectivity index (χ2n) is 14.9. The van der Waals surface area contributed by atoms with Crippen molar-refractivity contribution in [2.24, 2.45) is 0 Å². The number of fused-ring (bicyclic) bond motifs is 1. The smallest absolute Gasteiger partial charge is 0.194 e. The Balaban J connectivity index is 1.38. The predicted octanol–water partition coefficient (Wildman–Crippen LogP) is 14.2. The van der Waals surface area contributed by atoms with Gasteiger partial charge in [0.25, 0.3) is 0 Å². The lowest BCUT2D eigenvalue weighted by atomic mass is 10.0. The van der Waals surface area contributed by atoms with Crippen molar-refractivity contribution in [2.45, 2.75) is 0 Å². The topological polar surface area (TPSA) is 33.4 Å². The van der Waals surface area contributed by atoms with Gasteiger partial charge in [0.15, 0.2) is 5.43 Å². The van der Waals surface area contributed by atoms with Crippen LogP contribution in [-0.4, -0.2) is 9.13 Å². The molecule has 10 aromatic carbocycles. The van der Waals surface area contributed by atoms with Crippen molar-refractivity contribution in [3.63, 3.8) is 0 Å². The van der Waals surface area contributed by atoms with E-state index in [0.29, 0.717) is 10.8 Å². The summed E-state index contributed by atoms with van der Waals surface area (Å²) in [5.41, 5.74) is 11.5. The van der Waals surface area contributed by atoms with E-state index in [1.165, 1.54) is 0 Å². The summed E-state index contributed by atoms with van der Waals surface area (Å²) in [7, 11) is 0. The summed E-state index contributed by atoms with van der Waals surface area (Å²) in [6.45, 7) is 0. The van der Waals surface area contributed by atoms with Crippen LogP contribution < -0.4 is 15.2 Å². The second-order valence-corrected chi connectivity index (χ2v) is 14.9. The van der Waals surface area contributed by atoms with Crippen molar-refractivity contribution < 1.29 is 0 Å². The van der Waals surface area contributed by atoms with Crippen LogP contribution in [0.4, 0.5) is 34.1 Å². The van der Waals surface area contributed by atoms with Crippen molar-refractivity contribution in [3.05, 3.63) is 241 Å². The molecule has 0 fully saturated rings. The van der Waals surface area contributed by atoms with Gasteiger partial charge in [-0.05, 0) is 109 Å². The molecule has 0 aliphatic carbocycles. The van der Waals surface area contributed by atoms with Gasteiger partial charge in [0.05, 0.1) is 22.1 Å². The van der Waals surface area contributed by atoms with Gasteiger partial charge in [-0.1, -0.05) is 121 Å². The van der Waals surface area contributed by atoms with Crippen LogP contribution in [0.25, 0.3) is 55.0 Å². The van der Waals surface area contributed by atoms with Gasteiger partial charge < -0.3 is 18.9 Å². The van der Waals surface area contributed by atoms with Crippen LogP contribution in [0.3, 0.4) is 0 Å². The average molecular weight is 771 g/mol. The van der Waals surface area contributed by atoms with Gasteiger partial charge in [0.1, 0.15) is 0 Å². The predicted molar refractivity (Wildman–Crippen MR) is 251 cm³/mol. The van der Waals surface area contributed by atoms with Crippen molar-refractivity contribution >= 4 is 77.7 Å². The molecule has 5 nitrogen and oxygen atoms in total. The van der Waals surface area contributed by atoms with E-state index < -0.39 is 0 Å². The molecular weight excluding hydrogens is 733 g/mol. The number of aromatic nitrogens is 2. The molecule has 0 atom stereocenters. The molecule has 0 radical (unpaired) electrons. The van der Waals surface area contributed by atoms with Gasteiger partial charge >= 0.3 is 0 Å². The first-order chi connectivity index (χ1) is 29.7. The monoisotopic (exact) mass is 770 g/mol. The maximum absolute atomic E-state index is 15.6. The molecule has 284 valence electrons. The van der Waals surface area contributed by atoms with Gasteiger partial charge in [-0.15, -0.1) is 0 Å². The van der Waals surface area contributed by atoms with E-state index in [1.807, 2.05) is 36.4 Å². The molecule has 0 aliphatic rings. The van der Waals surface area contributed by atoms with E-state index in [2.05, 4.69) is 213 Å². The molecule has 0 spiro atoms. The lowest BCUT2D eigenvalue weighted by molar-refractivity contribution is 1.12. The first kappa shape index (κ1) is 35.0. The largest absolute Gasteiger partial charge is 0.310 e.